The van der Waals surface area contributed by atoms with Crippen LogP contribution in [0, 0.1) is 0 Å². The predicted octanol–water partition coefficient (Wildman–Crippen LogP) is 4.62. The molecule has 0 saturated carbocycles. The van der Waals surface area contributed by atoms with E-state index in [1.165, 1.54) is 7.11 Å². The van der Waals surface area contributed by atoms with Gasteiger partial charge in [0.1, 0.15) is 5.75 Å². The fraction of sp³-hybridized carbons (Fsp3) is 0.174. The molecule has 138 valence electrons. The lowest BCUT2D eigenvalue weighted by atomic mass is 10.0. The zero-order valence-electron chi connectivity index (χ0n) is 15.4. The molecule has 0 bridgehead atoms. The summed E-state index contributed by atoms with van der Waals surface area (Å²) in [5.74, 6) is -0.0660. The molecule has 0 fully saturated rings. The summed E-state index contributed by atoms with van der Waals surface area (Å²) >= 11 is 0. The highest BCUT2D eigenvalue weighted by Gasteiger charge is 2.22. The molecule has 4 nitrogen and oxygen atoms in total. The minimum atomic E-state index is -0.725. The van der Waals surface area contributed by atoms with Crippen LogP contribution >= 0.6 is 0 Å². The van der Waals surface area contributed by atoms with Gasteiger partial charge in [-0.15, -0.1) is 0 Å². The first-order valence-corrected chi connectivity index (χ1v) is 8.86. The molecule has 3 aromatic rings. The molecule has 1 amide bonds. The molecule has 0 spiro atoms. The number of hydrogen-bond donors (Lipinski definition) is 2. The largest absolute Gasteiger partial charge is 0.508 e. The van der Waals surface area contributed by atoms with E-state index >= 15 is 0 Å². The molecular weight excluding hydrogens is 338 g/mol. The number of phenols is 1. The van der Waals surface area contributed by atoms with Crippen LogP contribution in [-0.4, -0.2) is 18.1 Å². The van der Waals surface area contributed by atoms with Gasteiger partial charge in [-0.1, -0.05) is 66.7 Å². The van der Waals surface area contributed by atoms with E-state index in [9.17, 15) is 9.90 Å². The Hall–Kier alpha value is -3.11. The highest BCUT2D eigenvalue weighted by molar-refractivity contribution is 5.82. The second kappa shape index (κ2) is 8.52. The smallest absolute Gasteiger partial charge is 0.254 e. The Kier molecular flexibility index (Phi) is 5.89. The minimum Gasteiger partial charge on any atom is -0.508 e. The van der Waals surface area contributed by atoms with Gasteiger partial charge in [0, 0.05) is 7.11 Å². The molecule has 3 rings (SSSR count). The summed E-state index contributed by atoms with van der Waals surface area (Å²) < 4.78 is 5.36. The Labute approximate surface area is 159 Å². The summed E-state index contributed by atoms with van der Waals surface area (Å²) in [5.41, 5.74) is 4.01. The van der Waals surface area contributed by atoms with E-state index in [2.05, 4.69) is 29.6 Å². The Morgan fingerprint density at radius 1 is 0.852 bits per heavy atom. The quantitative estimate of drug-likeness (QED) is 0.673. The monoisotopic (exact) mass is 361 g/mol. The lowest BCUT2D eigenvalue weighted by Gasteiger charge is -2.20. The molecule has 27 heavy (non-hydrogen) atoms. The maximum absolute atomic E-state index is 12.6. The molecular formula is C23H23NO3. The van der Waals surface area contributed by atoms with Crippen LogP contribution in [0.5, 0.6) is 5.75 Å². The summed E-state index contributed by atoms with van der Waals surface area (Å²) in [7, 11) is 1.50. The van der Waals surface area contributed by atoms with Crippen LogP contribution in [0.25, 0.3) is 11.1 Å². The molecule has 0 aliphatic carbocycles. The molecule has 0 saturated heterocycles. The molecule has 4 heteroatoms. The van der Waals surface area contributed by atoms with Crippen molar-refractivity contribution in [2.75, 3.05) is 7.11 Å². The van der Waals surface area contributed by atoms with E-state index < -0.39 is 6.10 Å². The highest BCUT2D eigenvalue weighted by Crippen LogP contribution is 2.24. The summed E-state index contributed by atoms with van der Waals surface area (Å²) in [4.78, 5) is 12.6. The van der Waals surface area contributed by atoms with Crippen molar-refractivity contribution in [2.24, 2.45) is 0 Å². The number of rotatable bonds is 6. The summed E-state index contributed by atoms with van der Waals surface area (Å²) in [6.45, 7) is 1.94. The SMILES string of the molecule is CO[C@H](C(=O)N[C@@H](C)c1ccc(-c2ccccc2)cc1)c1ccc(O)cc1. The van der Waals surface area contributed by atoms with Crippen LogP contribution in [0.1, 0.15) is 30.2 Å². The van der Waals surface area contributed by atoms with Gasteiger partial charge in [-0.3, -0.25) is 4.79 Å². The average molecular weight is 361 g/mol. The van der Waals surface area contributed by atoms with Crippen molar-refractivity contribution in [3.63, 3.8) is 0 Å². The molecule has 0 heterocycles. The molecule has 0 aromatic heterocycles. The van der Waals surface area contributed by atoms with Gasteiger partial charge in [0.2, 0.25) is 0 Å². The van der Waals surface area contributed by atoms with E-state index in [1.807, 2.05) is 37.3 Å². The van der Waals surface area contributed by atoms with Gasteiger partial charge in [0.25, 0.3) is 5.91 Å². The van der Waals surface area contributed by atoms with Gasteiger partial charge >= 0.3 is 0 Å². The summed E-state index contributed by atoms with van der Waals surface area (Å²) in [6.07, 6.45) is -0.725. The average Bonchev–Trinajstić information content (AvgIpc) is 2.71. The molecule has 2 N–H and O–H groups in total. The molecule has 0 aliphatic heterocycles. The second-order valence-corrected chi connectivity index (χ2v) is 6.43. The topological polar surface area (TPSA) is 58.6 Å². The van der Waals surface area contributed by atoms with Gasteiger partial charge in [0.05, 0.1) is 6.04 Å². The first kappa shape index (κ1) is 18.7. The number of benzene rings is 3. The Balaban J connectivity index is 1.69. The van der Waals surface area contributed by atoms with E-state index in [4.69, 9.17) is 4.74 Å². The Morgan fingerprint density at radius 3 is 2.00 bits per heavy atom. The third-order valence-electron chi connectivity index (χ3n) is 4.55. The van der Waals surface area contributed by atoms with Crippen LogP contribution in [0.2, 0.25) is 0 Å². The number of nitrogens with one attached hydrogen (secondary N) is 1. The van der Waals surface area contributed by atoms with Crippen molar-refractivity contribution >= 4 is 5.91 Å². The summed E-state index contributed by atoms with van der Waals surface area (Å²) in [5, 5.41) is 12.4. The zero-order chi connectivity index (χ0) is 19.2. The minimum absolute atomic E-state index is 0.154. The zero-order valence-corrected chi connectivity index (χ0v) is 15.4. The molecule has 3 aromatic carbocycles. The number of hydrogen-bond acceptors (Lipinski definition) is 3. The van der Waals surface area contributed by atoms with E-state index in [0.717, 1.165) is 16.7 Å². The molecule has 0 aliphatic rings. The second-order valence-electron chi connectivity index (χ2n) is 6.43. The Morgan fingerprint density at radius 2 is 1.41 bits per heavy atom. The third-order valence-corrected chi connectivity index (χ3v) is 4.55. The standard InChI is InChI=1S/C23H23NO3/c1-16(17-8-10-19(11-9-17)18-6-4-3-5-7-18)24-23(26)22(27-2)20-12-14-21(25)15-13-20/h3-16,22,25H,1-2H3,(H,24,26)/t16-,22-/m0/s1. The summed E-state index contributed by atoms with van der Waals surface area (Å²) in [6, 6.07) is 24.6. The van der Waals surface area contributed by atoms with Crippen LogP contribution in [-0.2, 0) is 9.53 Å². The first-order chi connectivity index (χ1) is 13.1. The number of aromatic hydroxyl groups is 1. The normalized spacial score (nSPS) is 13.0. The molecule has 0 radical (unpaired) electrons. The lowest BCUT2D eigenvalue weighted by Crippen LogP contribution is -2.32. The fourth-order valence-electron chi connectivity index (χ4n) is 3.01. The van der Waals surface area contributed by atoms with Crippen LogP contribution in [0.15, 0.2) is 78.9 Å². The van der Waals surface area contributed by atoms with E-state index in [0.29, 0.717) is 5.56 Å². The van der Waals surface area contributed by atoms with Gasteiger partial charge in [0.15, 0.2) is 6.10 Å². The van der Waals surface area contributed by atoms with E-state index in [1.54, 1.807) is 24.3 Å². The fourth-order valence-corrected chi connectivity index (χ4v) is 3.01. The van der Waals surface area contributed by atoms with Crippen LogP contribution in [0.4, 0.5) is 0 Å². The van der Waals surface area contributed by atoms with Gasteiger partial charge in [-0.05, 0) is 41.3 Å². The Bertz CT molecular complexity index is 874. The van der Waals surface area contributed by atoms with Crippen molar-refractivity contribution in [1.29, 1.82) is 0 Å². The number of methoxy groups -OCH3 is 1. The predicted molar refractivity (Wildman–Crippen MR) is 106 cm³/mol. The van der Waals surface area contributed by atoms with Crippen LogP contribution < -0.4 is 5.32 Å². The molecule has 0 unspecified atom stereocenters. The van der Waals surface area contributed by atoms with Crippen LogP contribution in [0.3, 0.4) is 0 Å². The maximum atomic E-state index is 12.6. The van der Waals surface area contributed by atoms with Crippen molar-refractivity contribution in [2.45, 2.75) is 19.1 Å². The highest BCUT2D eigenvalue weighted by atomic mass is 16.5. The van der Waals surface area contributed by atoms with Gasteiger partial charge in [-0.25, -0.2) is 0 Å². The van der Waals surface area contributed by atoms with Crippen molar-refractivity contribution in [1.82, 2.24) is 5.32 Å². The van der Waals surface area contributed by atoms with Crippen molar-refractivity contribution in [3.05, 3.63) is 90.0 Å². The number of carbonyl (C=O) groups is 1. The maximum Gasteiger partial charge on any atom is 0.254 e. The van der Waals surface area contributed by atoms with E-state index in [-0.39, 0.29) is 17.7 Å². The first-order valence-electron chi connectivity index (χ1n) is 8.86. The van der Waals surface area contributed by atoms with Crippen molar-refractivity contribution in [3.8, 4) is 16.9 Å². The van der Waals surface area contributed by atoms with Gasteiger partial charge in [-0.2, -0.15) is 0 Å². The number of carbonyl (C=O) groups excluding carboxylic acids is 1. The molecule has 2 atom stereocenters. The van der Waals surface area contributed by atoms with Crippen molar-refractivity contribution < 1.29 is 14.6 Å². The van der Waals surface area contributed by atoms with Gasteiger partial charge < -0.3 is 15.2 Å². The lowest BCUT2D eigenvalue weighted by molar-refractivity contribution is -0.132. The number of ether oxygens (including phenoxy) is 1. The number of amides is 1. The number of phenolic OH excluding ortho intramolecular Hbond substituents is 1. The third kappa shape index (κ3) is 4.54.